The highest BCUT2D eigenvalue weighted by Gasteiger charge is 2.39. The largest absolute Gasteiger partial charge is 0.493 e. The Morgan fingerprint density at radius 1 is 1.08 bits per heavy atom. The van der Waals surface area contributed by atoms with E-state index in [1.54, 1.807) is 6.07 Å². The van der Waals surface area contributed by atoms with Crippen LogP contribution in [0.15, 0.2) is 59.9 Å². The fraction of sp³-hybridized carbons (Fsp3) is 0.360. The number of alkyl halides is 4. The Bertz CT molecular complexity index is 1330. The average molecular weight is 524 g/mol. The lowest BCUT2D eigenvalue weighted by Gasteiger charge is -2.38. The van der Waals surface area contributed by atoms with Crippen LogP contribution in [0.4, 0.5) is 23.4 Å². The van der Waals surface area contributed by atoms with E-state index in [2.05, 4.69) is 14.7 Å². The Hall–Kier alpha value is -3.21. The Labute approximate surface area is 206 Å². The molecule has 2 heterocycles. The molecule has 2 aromatic carbocycles. The van der Waals surface area contributed by atoms with E-state index in [4.69, 9.17) is 4.74 Å². The minimum absolute atomic E-state index is 0.0419. The number of aromatic nitrogens is 2. The zero-order valence-corrected chi connectivity index (χ0v) is 20.3. The van der Waals surface area contributed by atoms with Gasteiger partial charge in [-0.2, -0.15) is 13.2 Å². The smallest absolute Gasteiger partial charge is 0.416 e. The first-order valence-corrected chi connectivity index (χ1v) is 12.9. The molecule has 0 bridgehead atoms. The first kappa shape index (κ1) is 25.9. The van der Waals surface area contributed by atoms with Gasteiger partial charge < -0.3 is 4.74 Å². The van der Waals surface area contributed by atoms with E-state index in [9.17, 15) is 26.0 Å². The quantitative estimate of drug-likeness (QED) is 0.304. The number of nitrogens with zero attached hydrogens (tertiary/aromatic N) is 2. The highest BCUT2D eigenvalue weighted by molar-refractivity contribution is 7.92. The zero-order chi connectivity index (χ0) is 26.0. The number of anilines is 1. The van der Waals surface area contributed by atoms with E-state index >= 15 is 0 Å². The summed E-state index contributed by atoms with van der Waals surface area (Å²) in [6.45, 7) is 1.61. The van der Waals surface area contributed by atoms with Crippen LogP contribution in [-0.4, -0.2) is 31.7 Å². The van der Waals surface area contributed by atoms with Gasteiger partial charge in [0, 0.05) is 23.2 Å². The third-order valence-electron chi connectivity index (χ3n) is 6.40. The van der Waals surface area contributed by atoms with Gasteiger partial charge >= 0.3 is 6.18 Å². The van der Waals surface area contributed by atoms with Crippen molar-refractivity contribution in [3.63, 3.8) is 0 Å². The van der Waals surface area contributed by atoms with Crippen molar-refractivity contribution < 1.29 is 30.7 Å². The second-order valence-corrected chi connectivity index (χ2v) is 10.5. The maximum Gasteiger partial charge on any atom is 0.416 e. The summed E-state index contributed by atoms with van der Waals surface area (Å²) in [5.74, 6) is 0.445. The Morgan fingerprint density at radius 2 is 1.86 bits per heavy atom. The summed E-state index contributed by atoms with van der Waals surface area (Å²) in [7, 11) is -3.97. The molecule has 36 heavy (non-hydrogen) atoms. The number of fused-ring (bicyclic) bond motifs is 1. The molecule has 1 aromatic heterocycles. The fourth-order valence-electron chi connectivity index (χ4n) is 4.50. The lowest BCUT2D eigenvalue weighted by molar-refractivity contribution is -0.137. The number of aryl methyl sites for hydroxylation is 1. The number of ether oxygens (including phenoxy) is 1. The van der Waals surface area contributed by atoms with E-state index in [1.807, 2.05) is 6.92 Å². The predicted molar refractivity (Wildman–Crippen MR) is 126 cm³/mol. The SMILES string of the molecule is C[C@@]1(c2ccc(C(F)(F)F)cc2CCCCF)CCOc2cc(S(=O)(=O)Nc3ccncn3)ccc21. The van der Waals surface area contributed by atoms with Crippen molar-refractivity contribution in [1.82, 2.24) is 9.97 Å². The molecule has 192 valence electrons. The van der Waals surface area contributed by atoms with E-state index in [0.29, 0.717) is 41.7 Å². The van der Waals surface area contributed by atoms with Crippen molar-refractivity contribution in [2.24, 2.45) is 0 Å². The summed E-state index contributed by atoms with van der Waals surface area (Å²) in [5, 5.41) is 0. The number of sulfonamides is 1. The minimum Gasteiger partial charge on any atom is -0.493 e. The summed E-state index contributed by atoms with van der Waals surface area (Å²) in [4.78, 5) is 7.58. The van der Waals surface area contributed by atoms with Crippen molar-refractivity contribution in [3.05, 3.63) is 77.2 Å². The number of nitrogens with one attached hydrogen (secondary N) is 1. The van der Waals surface area contributed by atoms with Crippen molar-refractivity contribution in [2.75, 3.05) is 18.0 Å². The van der Waals surface area contributed by atoms with Gasteiger partial charge in [0.2, 0.25) is 0 Å². The van der Waals surface area contributed by atoms with Gasteiger partial charge in [0.25, 0.3) is 10.0 Å². The zero-order valence-electron chi connectivity index (χ0n) is 19.5. The lowest BCUT2D eigenvalue weighted by atomic mass is 9.70. The van der Waals surface area contributed by atoms with Crippen LogP contribution in [0.2, 0.25) is 0 Å². The first-order chi connectivity index (χ1) is 17.0. The molecule has 0 spiro atoms. The summed E-state index contributed by atoms with van der Waals surface area (Å²) in [5.41, 5.74) is 0.366. The Balaban J connectivity index is 1.74. The second kappa shape index (κ2) is 10.0. The molecule has 0 saturated heterocycles. The molecule has 11 heteroatoms. The minimum atomic E-state index is -4.50. The van der Waals surface area contributed by atoms with Crippen LogP contribution in [0.3, 0.4) is 0 Å². The number of rotatable bonds is 8. The molecule has 0 unspecified atom stereocenters. The van der Waals surface area contributed by atoms with Crippen molar-refractivity contribution in [1.29, 1.82) is 0 Å². The summed E-state index contributed by atoms with van der Waals surface area (Å²) >= 11 is 0. The van der Waals surface area contributed by atoms with Gasteiger partial charge in [-0.15, -0.1) is 0 Å². The molecule has 0 fully saturated rings. The van der Waals surface area contributed by atoms with E-state index in [1.165, 1.54) is 36.8 Å². The molecule has 1 N–H and O–H groups in total. The molecule has 6 nitrogen and oxygen atoms in total. The van der Waals surface area contributed by atoms with Crippen LogP contribution >= 0.6 is 0 Å². The van der Waals surface area contributed by atoms with Crippen molar-refractivity contribution in [3.8, 4) is 5.75 Å². The van der Waals surface area contributed by atoms with Crippen LogP contribution in [-0.2, 0) is 28.0 Å². The molecular weight excluding hydrogens is 498 g/mol. The van der Waals surface area contributed by atoms with Gasteiger partial charge in [0.05, 0.1) is 23.7 Å². The van der Waals surface area contributed by atoms with Gasteiger partial charge in [-0.3, -0.25) is 9.11 Å². The third-order valence-corrected chi connectivity index (χ3v) is 7.75. The molecule has 0 saturated carbocycles. The van der Waals surface area contributed by atoms with E-state index in [0.717, 1.165) is 12.1 Å². The molecule has 0 radical (unpaired) electrons. The summed E-state index contributed by atoms with van der Waals surface area (Å²) in [6.07, 6.45) is -0.433. The standard InChI is InChI=1S/C25H25F4N3O3S/c1-24(20-7-5-18(25(27,28)29)14-17(20)4-2-3-11-26)10-13-35-22-15-19(6-8-21(22)24)36(33,34)32-23-9-12-30-16-31-23/h5-9,12,14-16H,2-4,10-11,13H2,1H3,(H,30,31,32)/t24-/m0/s1. The van der Waals surface area contributed by atoms with Crippen LogP contribution in [0.25, 0.3) is 0 Å². The van der Waals surface area contributed by atoms with Gasteiger partial charge in [-0.25, -0.2) is 18.4 Å². The van der Waals surface area contributed by atoms with Crippen molar-refractivity contribution in [2.45, 2.75) is 49.1 Å². The number of unbranched alkanes of at least 4 members (excludes halogenated alkanes) is 1. The molecule has 1 aliphatic heterocycles. The van der Waals surface area contributed by atoms with Crippen LogP contribution in [0.1, 0.15) is 48.4 Å². The van der Waals surface area contributed by atoms with Gasteiger partial charge in [0.1, 0.15) is 17.9 Å². The van der Waals surface area contributed by atoms with E-state index < -0.39 is 33.9 Å². The van der Waals surface area contributed by atoms with Gasteiger partial charge in [-0.1, -0.05) is 19.1 Å². The number of halogens is 4. The van der Waals surface area contributed by atoms with E-state index in [-0.39, 0.29) is 23.7 Å². The average Bonchev–Trinajstić information content (AvgIpc) is 2.84. The summed E-state index contributed by atoms with van der Waals surface area (Å²) in [6, 6.07) is 9.55. The maximum absolute atomic E-state index is 13.4. The van der Waals surface area contributed by atoms with Gasteiger partial charge in [-0.05, 0) is 61.1 Å². The van der Waals surface area contributed by atoms with Crippen LogP contribution in [0.5, 0.6) is 5.75 Å². The second-order valence-electron chi connectivity index (χ2n) is 8.80. The highest BCUT2D eigenvalue weighted by Crippen LogP contribution is 2.46. The normalized spacial score (nSPS) is 17.8. The highest BCUT2D eigenvalue weighted by atomic mass is 32.2. The maximum atomic E-state index is 13.4. The van der Waals surface area contributed by atoms with Crippen molar-refractivity contribution >= 4 is 15.8 Å². The Morgan fingerprint density at radius 3 is 2.56 bits per heavy atom. The number of benzene rings is 2. The lowest BCUT2D eigenvalue weighted by Crippen LogP contribution is -2.32. The summed E-state index contributed by atoms with van der Waals surface area (Å²) < 4.78 is 86.9. The van der Waals surface area contributed by atoms with Crippen LogP contribution in [0, 0.1) is 0 Å². The topological polar surface area (TPSA) is 81.2 Å². The van der Waals surface area contributed by atoms with Crippen LogP contribution < -0.4 is 9.46 Å². The predicted octanol–water partition coefficient (Wildman–Crippen LogP) is 5.68. The Kier molecular flexibility index (Phi) is 7.21. The molecule has 4 rings (SSSR count). The monoisotopic (exact) mass is 523 g/mol. The number of hydrogen-bond donors (Lipinski definition) is 1. The third kappa shape index (κ3) is 5.30. The molecule has 3 aromatic rings. The molecule has 1 aliphatic rings. The molecule has 0 amide bonds. The first-order valence-electron chi connectivity index (χ1n) is 11.4. The molecule has 0 aliphatic carbocycles. The molecular formula is C25H25F4N3O3S. The number of hydrogen-bond acceptors (Lipinski definition) is 5. The fourth-order valence-corrected chi connectivity index (χ4v) is 5.52. The molecule has 1 atom stereocenters. The van der Waals surface area contributed by atoms with Gasteiger partial charge in [0.15, 0.2) is 0 Å².